The van der Waals surface area contributed by atoms with Crippen LogP contribution in [0.4, 0.5) is 0 Å². The number of nitrogens with zero attached hydrogens (tertiary/aromatic N) is 2. The van der Waals surface area contributed by atoms with Gasteiger partial charge in [-0.2, -0.15) is 0 Å². The zero-order chi connectivity index (χ0) is 9.72. The molecule has 0 bridgehead atoms. The normalized spacial score (nSPS) is 17.3. The van der Waals surface area contributed by atoms with Crippen molar-refractivity contribution in [1.29, 1.82) is 0 Å². The Morgan fingerprint density at radius 1 is 0.917 bits per heavy atom. The van der Waals surface area contributed by atoms with Crippen LogP contribution in [0.5, 0.6) is 0 Å². The molecule has 0 aromatic carbocycles. The summed E-state index contributed by atoms with van der Waals surface area (Å²) in [4.78, 5) is 24.6. The Morgan fingerprint density at radius 2 is 1.17 bits per heavy atom. The second kappa shape index (κ2) is 4.74. The molecule has 1 heterocycles. The van der Waals surface area contributed by atoms with Gasteiger partial charge in [0.15, 0.2) is 0 Å². The van der Waals surface area contributed by atoms with E-state index in [1.165, 1.54) is 9.80 Å². The van der Waals surface area contributed by atoms with Crippen LogP contribution in [0.3, 0.4) is 0 Å². The fraction of sp³-hybridized carbons (Fsp3) is 0.750. The number of likely N-dealkylation sites (N-methyl/N-ethyl adjacent to an activating group) is 2. The molecule has 1 rings (SSSR count). The monoisotopic (exact) mass is 172 g/mol. The zero-order valence-corrected chi connectivity index (χ0v) is 8.13. The molecule has 70 valence electrons. The van der Waals surface area contributed by atoms with E-state index in [0.29, 0.717) is 0 Å². The quantitative estimate of drug-likeness (QED) is 0.513. The number of carbonyl (C=O) groups excluding carboxylic acids is 2. The van der Waals surface area contributed by atoms with E-state index in [9.17, 15) is 9.59 Å². The number of amides is 2. The largest absolute Gasteiger partial charge is 0.335 e. The maximum absolute atomic E-state index is 10.9. The average Bonchev–Trinajstić information content (AvgIpc) is 2.05. The van der Waals surface area contributed by atoms with Crippen molar-refractivity contribution in [2.24, 2.45) is 0 Å². The molecule has 0 aromatic heterocycles. The Kier molecular flexibility index (Phi) is 4.33. The Balaban J connectivity index is 0.000000561. The molecule has 0 unspecified atom stereocenters. The van der Waals surface area contributed by atoms with Crippen molar-refractivity contribution in [3.8, 4) is 0 Å². The fourth-order valence-corrected chi connectivity index (χ4v) is 0.824. The van der Waals surface area contributed by atoms with Crippen molar-refractivity contribution in [2.45, 2.75) is 13.8 Å². The van der Waals surface area contributed by atoms with Crippen LogP contribution in [-0.4, -0.2) is 48.8 Å². The summed E-state index contributed by atoms with van der Waals surface area (Å²) in [6.45, 7) is 4.44. The van der Waals surface area contributed by atoms with Crippen molar-refractivity contribution in [1.82, 2.24) is 9.80 Å². The molecule has 1 aliphatic heterocycles. The van der Waals surface area contributed by atoms with Crippen LogP contribution in [0.1, 0.15) is 13.8 Å². The van der Waals surface area contributed by atoms with E-state index in [1.807, 2.05) is 13.8 Å². The summed E-state index contributed by atoms with van der Waals surface area (Å²) < 4.78 is 0. The molecule has 0 saturated carbocycles. The van der Waals surface area contributed by atoms with E-state index >= 15 is 0 Å². The number of carbonyl (C=O) groups is 2. The van der Waals surface area contributed by atoms with Crippen LogP contribution in [0.15, 0.2) is 0 Å². The first kappa shape index (κ1) is 10.9. The summed E-state index contributed by atoms with van der Waals surface area (Å²) in [5.41, 5.74) is 0. The third kappa shape index (κ3) is 2.53. The minimum Gasteiger partial charge on any atom is -0.335 e. The fourth-order valence-electron chi connectivity index (χ4n) is 0.824. The van der Waals surface area contributed by atoms with Gasteiger partial charge in [0, 0.05) is 14.1 Å². The molecule has 4 nitrogen and oxygen atoms in total. The van der Waals surface area contributed by atoms with Gasteiger partial charge in [-0.1, -0.05) is 13.8 Å². The second-order valence-electron chi connectivity index (χ2n) is 2.50. The number of hydrogen-bond donors (Lipinski definition) is 0. The Hall–Kier alpha value is -1.06. The lowest BCUT2D eigenvalue weighted by Crippen LogP contribution is -2.50. The van der Waals surface area contributed by atoms with E-state index in [4.69, 9.17) is 0 Å². The topological polar surface area (TPSA) is 40.6 Å². The number of rotatable bonds is 0. The van der Waals surface area contributed by atoms with Gasteiger partial charge in [-0.3, -0.25) is 9.59 Å². The van der Waals surface area contributed by atoms with E-state index in [2.05, 4.69) is 0 Å². The first-order chi connectivity index (χ1) is 5.61. The first-order valence-corrected chi connectivity index (χ1v) is 4.09. The SMILES string of the molecule is CC.CN1CC(=O)N(C)CC1=O. The minimum absolute atomic E-state index is 0.00194. The molecule has 0 radical (unpaired) electrons. The standard InChI is InChI=1S/C6H10N2O2.C2H6/c1-7-3-6(10)8(2)4-5(7)9;1-2/h3-4H2,1-2H3;1-2H3. The maximum atomic E-state index is 10.9. The summed E-state index contributed by atoms with van der Waals surface area (Å²) in [6, 6.07) is 0. The molecular weight excluding hydrogens is 156 g/mol. The summed E-state index contributed by atoms with van der Waals surface area (Å²) in [6.07, 6.45) is 0. The van der Waals surface area contributed by atoms with E-state index in [1.54, 1.807) is 14.1 Å². The van der Waals surface area contributed by atoms with Gasteiger partial charge in [0.1, 0.15) is 0 Å². The van der Waals surface area contributed by atoms with Gasteiger partial charge in [-0.05, 0) is 0 Å². The molecule has 0 spiro atoms. The highest BCUT2D eigenvalue weighted by atomic mass is 16.2. The van der Waals surface area contributed by atoms with Crippen molar-refractivity contribution >= 4 is 11.8 Å². The number of piperazine rings is 1. The highest BCUT2D eigenvalue weighted by Gasteiger charge is 2.23. The first-order valence-electron chi connectivity index (χ1n) is 4.09. The highest BCUT2D eigenvalue weighted by Crippen LogP contribution is 1.98. The predicted molar refractivity (Wildman–Crippen MR) is 46.6 cm³/mol. The lowest BCUT2D eigenvalue weighted by molar-refractivity contribution is -0.147. The van der Waals surface area contributed by atoms with Gasteiger partial charge >= 0.3 is 0 Å². The van der Waals surface area contributed by atoms with Crippen molar-refractivity contribution < 1.29 is 9.59 Å². The zero-order valence-electron chi connectivity index (χ0n) is 8.13. The van der Waals surface area contributed by atoms with Gasteiger partial charge in [-0.15, -0.1) is 0 Å². The summed E-state index contributed by atoms with van der Waals surface area (Å²) >= 11 is 0. The average molecular weight is 172 g/mol. The van der Waals surface area contributed by atoms with Crippen LogP contribution >= 0.6 is 0 Å². The maximum Gasteiger partial charge on any atom is 0.242 e. The smallest absolute Gasteiger partial charge is 0.242 e. The molecule has 0 N–H and O–H groups in total. The summed E-state index contributed by atoms with van der Waals surface area (Å²) in [7, 11) is 3.26. The van der Waals surface area contributed by atoms with E-state index in [0.717, 1.165) is 0 Å². The Morgan fingerprint density at radius 3 is 1.42 bits per heavy atom. The summed E-state index contributed by atoms with van der Waals surface area (Å²) in [5, 5.41) is 0. The lowest BCUT2D eigenvalue weighted by Gasteiger charge is -2.28. The molecule has 0 atom stereocenters. The second-order valence-corrected chi connectivity index (χ2v) is 2.50. The van der Waals surface area contributed by atoms with Crippen LogP contribution < -0.4 is 0 Å². The predicted octanol–water partition coefficient (Wildman–Crippen LogP) is -0.0570. The molecule has 0 aromatic rings. The molecule has 0 aliphatic carbocycles. The van der Waals surface area contributed by atoms with Gasteiger partial charge in [0.05, 0.1) is 13.1 Å². The van der Waals surface area contributed by atoms with E-state index < -0.39 is 0 Å². The van der Waals surface area contributed by atoms with Crippen LogP contribution in [0.25, 0.3) is 0 Å². The Labute approximate surface area is 73.1 Å². The van der Waals surface area contributed by atoms with Gasteiger partial charge in [0.2, 0.25) is 11.8 Å². The summed E-state index contributed by atoms with van der Waals surface area (Å²) in [5.74, 6) is 0.00389. The Bertz CT molecular complexity index is 160. The number of hydrogen-bond acceptors (Lipinski definition) is 2. The van der Waals surface area contributed by atoms with Gasteiger partial charge in [-0.25, -0.2) is 0 Å². The van der Waals surface area contributed by atoms with Crippen LogP contribution in [0, 0.1) is 0 Å². The molecule has 1 saturated heterocycles. The van der Waals surface area contributed by atoms with Crippen LogP contribution in [-0.2, 0) is 9.59 Å². The highest BCUT2D eigenvalue weighted by molar-refractivity contribution is 5.92. The molecule has 2 amide bonds. The molecular formula is C8H16N2O2. The lowest BCUT2D eigenvalue weighted by atomic mass is 10.3. The van der Waals surface area contributed by atoms with E-state index in [-0.39, 0.29) is 24.9 Å². The molecule has 1 fully saturated rings. The third-order valence-electron chi connectivity index (χ3n) is 1.60. The van der Waals surface area contributed by atoms with Crippen molar-refractivity contribution in [2.75, 3.05) is 27.2 Å². The third-order valence-corrected chi connectivity index (χ3v) is 1.60. The van der Waals surface area contributed by atoms with Crippen molar-refractivity contribution in [3.05, 3.63) is 0 Å². The van der Waals surface area contributed by atoms with Crippen LogP contribution in [0.2, 0.25) is 0 Å². The molecule has 12 heavy (non-hydrogen) atoms. The molecule has 1 aliphatic rings. The van der Waals surface area contributed by atoms with Gasteiger partial charge < -0.3 is 9.80 Å². The van der Waals surface area contributed by atoms with Gasteiger partial charge in [0.25, 0.3) is 0 Å². The molecule has 4 heteroatoms. The van der Waals surface area contributed by atoms with Crippen molar-refractivity contribution in [3.63, 3.8) is 0 Å². The minimum atomic E-state index is 0.00194.